The fraction of sp³-hybridized carbons (Fsp3) is 0.333. The average Bonchev–Trinajstić information content (AvgIpc) is 3.41. The van der Waals surface area contributed by atoms with E-state index in [0.29, 0.717) is 28.6 Å². The summed E-state index contributed by atoms with van der Waals surface area (Å²) in [6.07, 6.45) is 1.55. The molecular formula is C24H24N4O4. The number of carboxylic acids is 1. The lowest BCUT2D eigenvalue weighted by molar-refractivity contribution is -0.139. The molecule has 0 bridgehead atoms. The number of carbonyl (C=O) groups is 1. The van der Waals surface area contributed by atoms with Crippen LogP contribution in [0.5, 0.6) is 5.75 Å². The van der Waals surface area contributed by atoms with E-state index in [2.05, 4.69) is 21.5 Å². The van der Waals surface area contributed by atoms with Gasteiger partial charge in [0.2, 0.25) is 5.82 Å². The number of rotatable bonds is 7. The molecule has 0 radical (unpaired) electrons. The third kappa shape index (κ3) is 4.20. The molecule has 0 spiro atoms. The molecule has 1 aliphatic rings. The Hall–Kier alpha value is -3.70. The maximum Gasteiger partial charge on any atom is 0.320 e. The minimum atomic E-state index is -0.876. The van der Waals surface area contributed by atoms with Crippen LogP contribution in [0.4, 0.5) is 0 Å². The Morgan fingerprint density at radius 3 is 2.84 bits per heavy atom. The quantitative estimate of drug-likeness (QED) is 0.572. The van der Waals surface area contributed by atoms with Crippen LogP contribution in [0.3, 0.4) is 0 Å². The SMILES string of the molecule is CC(C)Oc1ccc(-c2nc(-c3cccc4c3CCC4N[C@H](C)C(=O)O)no2)cc1C#N. The summed E-state index contributed by atoms with van der Waals surface area (Å²) in [6.45, 7) is 5.45. The van der Waals surface area contributed by atoms with Gasteiger partial charge in [0, 0.05) is 17.2 Å². The Morgan fingerprint density at radius 1 is 1.31 bits per heavy atom. The molecule has 0 saturated carbocycles. The number of fused-ring (bicyclic) bond motifs is 1. The summed E-state index contributed by atoms with van der Waals surface area (Å²) in [6, 6.07) is 12.5. The van der Waals surface area contributed by atoms with Crippen molar-refractivity contribution in [2.75, 3.05) is 0 Å². The van der Waals surface area contributed by atoms with Gasteiger partial charge in [-0.05, 0) is 62.9 Å². The minimum Gasteiger partial charge on any atom is -0.490 e. The van der Waals surface area contributed by atoms with Crippen LogP contribution in [-0.4, -0.2) is 33.4 Å². The highest BCUT2D eigenvalue weighted by Gasteiger charge is 2.28. The third-order valence-corrected chi connectivity index (χ3v) is 5.47. The van der Waals surface area contributed by atoms with E-state index in [1.165, 1.54) is 0 Å². The normalized spacial score (nSPS) is 15.9. The molecule has 1 unspecified atom stereocenters. The van der Waals surface area contributed by atoms with Gasteiger partial charge in [-0.15, -0.1) is 0 Å². The minimum absolute atomic E-state index is 0.0332. The van der Waals surface area contributed by atoms with Gasteiger partial charge < -0.3 is 14.4 Å². The molecule has 2 aromatic carbocycles. The first kappa shape index (κ1) is 21.5. The van der Waals surface area contributed by atoms with Crippen molar-refractivity contribution in [2.45, 2.75) is 51.8 Å². The molecule has 0 saturated heterocycles. The molecule has 1 aliphatic carbocycles. The van der Waals surface area contributed by atoms with Crippen molar-refractivity contribution >= 4 is 5.97 Å². The maximum atomic E-state index is 11.2. The topological polar surface area (TPSA) is 121 Å². The van der Waals surface area contributed by atoms with Crippen LogP contribution in [0.25, 0.3) is 22.8 Å². The Morgan fingerprint density at radius 2 is 2.12 bits per heavy atom. The van der Waals surface area contributed by atoms with Crippen LogP contribution < -0.4 is 10.1 Å². The summed E-state index contributed by atoms with van der Waals surface area (Å²) < 4.78 is 11.2. The molecule has 1 aromatic heterocycles. The zero-order chi connectivity index (χ0) is 22.8. The first-order chi connectivity index (χ1) is 15.4. The second-order valence-corrected chi connectivity index (χ2v) is 8.10. The molecule has 0 aliphatic heterocycles. The van der Waals surface area contributed by atoms with E-state index in [-0.39, 0.29) is 12.1 Å². The molecule has 8 heteroatoms. The van der Waals surface area contributed by atoms with E-state index >= 15 is 0 Å². The summed E-state index contributed by atoms with van der Waals surface area (Å²) in [5, 5.41) is 26.0. The van der Waals surface area contributed by atoms with Crippen molar-refractivity contribution in [1.29, 1.82) is 5.26 Å². The van der Waals surface area contributed by atoms with E-state index in [0.717, 1.165) is 29.5 Å². The molecule has 8 nitrogen and oxygen atoms in total. The number of hydrogen-bond donors (Lipinski definition) is 2. The van der Waals surface area contributed by atoms with E-state index in [4.69, 9.17) is 9.26 Å². The highest BCUT2D eigenvalue weighted by Crippen LogP contribution is 2.37. The van der Waals surface area contributed by atoms with Crippen LogP contribution >= 0.6 is 0 Å². The molecule has 1 heterocycles. The van der Waals surface area contributed by atoms with Gasteiger partial charge in [-0.25, -0.2) is 0 Å². The number of benzene rings is 2. The molecule has 32 heavy (non-hydrogen) atoms. The maximum absolute atomic E-state index is 11.2. The lowest BCUT2D eigenvalue weighted by Crippen LogP contribution is -2.35. The Kier molecular flexibility index (Phi) is 5.93. The fourth-order valence-corrected chi connectivity index (χ4v) is 3.97. The first-order valence-corrected chi connectivity index (χ1v) is 10.5. The van der Waals surface area contributed by atoms with Crippen LogP contribution in [0.15, 0.2) is 40.9 Å². The summed E-state index contributed by atoms with van der Waals surface area (Å²) in [4.78, 5) is 15.8. The summed E-state index contributed by atoms with van der Waals surface area (Å²) in [5.41, 5.74) is 4.05. The van der Waals surface area contributed by atoms with E-state index in [9.17, 15) is 15.2 Å². The van der Waals surface area contributed by atoms with Gasteiger partial charge in [0.25, 0.3) is 5.89 Å². The Labute approximate surface area is 185 Å². The highest BCUT2D eigenvalue weighted by molar-refractivity contribution is 5.73. The smallest absolute Gasteiger partial charge is 0.320 e. The molecule has 2 N–H and O–H groups in total. The monoisotopic (exact) mass is 432 g/mol. The van der Waals surface area contributed by atoms with Gasteiger partial charge in [0.1, 0.15) is 17.9 Å². The van der Waals surface area contributed by atoms with E-state index < -0.39 is 12.0 Å². The van der Waals surface area contributed by atoms with Gasteiger partial charge in [-0.2, -0.15) is 10.2 Å². The molecule has 2 atom stereocenters. The number of ether oxygens (including phenoxy) is 1. The number of nitriles is 1. The van der Waals surface area contributed by atoms with Gasteiger partial charge in [0.05, 0.1) is 11.7 Å². The van der Waals surface area contributed by atoms with Crippen molar-refractivity contribution in [3.05, 3.63) is 53.1 Å². The standard InChI is InChI=1S/C24H24N4O4/c1-13(2)31-21-10-7-15(11-16(21)12-25)23-27-22(28-32-23)19-6-4-5-18-17(19)8-9-20(18)26-14(3)24(29)30/h4-7,10-11,13-14,20,26H,8-9H2,1-3H3,(H,29,30)/t14-,20?/m1/s1. The fourth-order valence-electron chi connectivity index (χ4n) is 3.97. The predicted octanol–water partition coefficient (Wildman–Crippen LogP) is 4.11. The largest absolute Gasteiger partial charge is 0.490 e. The van der Waals surface area contributed by atoms with Gasteiger partial charge >= 0.3 is 5.97 Å². The van der Waals surface area contributed by atoms with Gasteiger partial charge in [0.15, 0.2) is 0 Å². The average molecular weight is 432 g/mol. The molecule has 4 rings (SSSR count). The summed E-state index contributed by atoms with van der Waals surface area (Å²) in [5.74, 6) is 0.419. The first-order valence-electron chi connectivity index (χ1n) is 10.5. The number of aliphatic carboxylic acids is 1. The highest BCUT2D eigenvalue weighted by atomic mass is 16.5. The number of carboxylic acid groups (broad SMARTS) is 1. The van der Waals surface area contributed by atoms with Gasteiger partial charge in [-0.1, -0.05) is 23.4 Å². The number of nitrogens with one attached hydrogen (secondary N) is 1. The third-order valence-electron chi connectivity index (χ3n) is 5.47. The van der Waals surface area contributed by atoms with E-state index in [1.807, 2.05) is 32.0 Å². The molecule has 164 valence electrons. The Bertz CT molecular complexity index is 1190. The van der Waals surface area contributed by atoms with Crippen LogP contribution in [-0.2, 0) is 11.2 Å². The van der Waals surface area contributed by atoms with Crippen LogP contribution in [0.2, 0.25) is 0 Å². The van der Waals surface area contributed by atoms with Gasteiger partial charge in [-0.3, -0.25) is 10.1 Å². The molecule has 0 fully saturated rings. The van der Waals surface area contributed by atoms with Crippen LogP contribution in [0, 0.1) is 11.3 Å². The second kappa shape index (κ2) is 8.81. The lowest BCUT2D eigenvalue weighted by atomic mass is 10.0. The number of aromatic nitrogens is 2. The molecule has 3 aromatic rings. The zero-order valence-electron chi connectivity index (χ0n) is 18.1. The Balaban J connectivity index is 1.62. The second-order valence-electron chi connectivity index (χ2n) is 8.10. The molecule has 0 amide bonds. The van der Waals surface area contributed by atoms with Crippen molar-refractivity contribution in [1.82, 2.24) is 15.5 Å². The van der Waals surface area contributed by atoms with Crippen LogP contribution in [0.1, 0.15) is 49.9 Å². The van der Waals surface area contributed by atoms with Crippen molar-refractivity contribution < 1.29 is 19.2 Å². The zero-order valence-corrected chi connectivity index (χ0v) is 18.1. The number of hydrogen-bond acceptors (Lipinski definition) is 7. The van der Waals surface area contributed by atoms with E-state index in [1.54, 1.807) is 25.1 Å². The van der Waals surface area contributed by atoms with Crippen molar-refractivity contribution in [2.24, 2.45) is 0 Å². The number of nitrogens with zero attached hydrogens (tertiary/aromatic N) is 3. The lowest BCUT2D eigenvalue weighted by Gasteiger charge is -2.17. The van der Waals surface area contributed by atoms with Crippen molar-refractivity contribution in [3.63, 3.8) is 0 Å². The predicted molar refractivity (Wildman–Crippen MR) is 117 cm³/mol. The van der Waals surface area contributed by atoms with Crippen molar-refractivity contribution in [3.8, 4) is 34.7 Å². The summed E-state index contributed by atoms with van der Waals surface area (Å²) in [7, 11) is 0. The summed E-state index contributed by atoms with van der Waals surface area (Å²) >= 11 is 0. The molecular weight excluding hydrogens is 408 g/mol.